The molecule has 1 aliphatic carbocycles. The van der Waals surface area contributed by atoms with Gasteiger partial charge in [0.05, 0.1) is 0 Å². The van der Waals surface area contributed by atoms with Crippen LogP contribution in [0.2, 0.25) is 0 Å². The highest BCUT2D eigenvalue weighted by molar-refractivity contribution is 5.92. The quantitative estimate of drug-likeness (QED) is 0.840. The zero-order valence-corrected chi connectivity index (χ0v) is 11.1. The Hall–Kier alpha value is -1.58. The average molecular weight is 247 g/mol. The van der Waals surface area contributed by atoms with Crippen LogP contribution in [0.15, 0.2) is 18.3 Å². The zero-order valence-electron chi connectivity index (χ0n) is 11.1. The molecule has 98 valence electrons. The minimum Gasteiger partial charge on any atom is -0.384 e. The molecule has 0 saturated heterocycles. The van der Waals surface area contributed by atoms with Crippen LogP contribution in [0.3, 0.4) is 0 Å². The zero-order chi connectivity index (χ0) is 13.0. The average Bonchev–Trinajstić information content (AvgIpc) is 2.37. The number of carbonyl (C=O) groups excluding carboxylic acids is 1. The summed E-state index contributed by atoms with van der Waals surface area (Å²) >= 11 is 0. The Bertz CT molecular complexity index is 421. The molecule has 1 aliphatic rings. The van der Waals surface area contributed by atoms with Gasteiger partial charge in [-0.2, -0.15) is 0 Å². The number of nitrogens with one attached hydrogen (secondary N) is 2. The molecule has 1 amide bonds. The molecule has 0 unspecified atom stereocenters. The third kappa shape index (κ3) is 2.63. The van der Waals surface area contributed by atoms with Crippen LogP contribution in [0, 0.1) is 5.41 Å². The number of carbonyl (C=O) groups is 1. The van der Waals surface area contributed by atoms with Crippen molar-refractivity contribution in [1.82, 2.24) is 10.3 Å². The summed E-state index contributed by atoms with van der Waals surface area (Å²) in [6, 6.07) is 3.72. The van der Waals surface area contributed by atoms with Gasteiger partial charge in [-0.05, 0) is 36.8 Å². The van der Waals surface area contributed by atoms with Gasteiger partial charge in [-0.3, -0.25) is 9.78 Å². The van der Waals surface area contributed by atoms with Gasteiger partial charge in [0.1, 0.15) is 5.69 Å². The van der Waals surface area contributed by atoms with E-state index in [4.69, 9.17) is 0 Å². The molecule has 1 heterocycles. The molecule has 0 bridgehead atoms. The van der Waals surface area contributed by atoms with Crippen molar-refractivity contribution in [3.63, 3.8) is 0 Å². The van der Waals surface area contributed by atoms with E-state index in [-0.39, 0.29) is 5.91 Å². The van der Waals surface area contributed by atoms with Crippen molar-refractivity contribution < 1.29 is 4.79 Å². The molecule has 1 fully saturated rings. The van der Waals surface area contributed by atoms with Crippen molar-refractivity contribution in [2.45, 2.75) is 32.6 Å². The summed E-state index contributed by atoms with van der Waals surface area (Å²) in [6.07, 6.45) is 6.85. The fourth-order valence-electron chi connectivity index (χ4n) is 2.41. The highest BCUT2D eigenvalue weighted by Crippen LogP contribution is 2.43. The first kappa shape index (κ1) is 12.9. The second-order valence-corrected chi connectivity index (χ2v) is 5.07. The van der Waals surface area contributed by atoms with Crippen molar-refractivity contribution in [3.05, 3.63) is 24.0 Å². The van der Waals surface area contributed by atoms with Gasteiger partial charge in [0, 0.05) is 25.5 Å². The van der Waals surface area contributed by atoms with Gasteiger partial charge < -0.3 is 10.6 Å². The SMILES string of the molecule is CCC1(CNc2ccnc(C(=O)NC)c2)CCC1. The van der Waals surface area contributed by atoms with Crippen LogP contribution < -0.4 is 10.6 Å². The van der Waals surface area contributed by atoms with Crippen molar-refractivity contribution in [2.24, 2.45) is 5.41 Å². The molecule has 4 heteroatoms. The second kappa shape index (κ2) is 5.38. The number of anilines is 1. The maximum atomic E-state index is 11.5. The molecule has 1 saturated carbocycles. The van der Waals surface area contributed by atoms with Crippen molar-refractivity contribution in [2.75, 3.05) is 18.9 Å². The lowest BCUT2D eigenvalue weighted by molar-refractivity contribution is 0.0958. The standard InChI is InChI=1S/C14H21N3O/c1-3-14(6-4-7-14)10-17-11-5-8-16-12(9-11)13(18)15-2/h5,8-9H,3-4,6-7,10H2,1-2H3,(H,15,18)(H,16,17). The third-order valence-corrected chi connectivity index (χ3v) is 4.05. The predicted octanol–water partition coefficient (Wildman–Crippen LogP) is 2.43. The summed E-state index contributed by atoms with van der Waals surface area (Å²) < 4.78 is 0. The maximum Gasteiger partial charge on any atom is 0.269 e. The van der Waals surface area contributed by atoms with E-state index in [0.29, 0.717) is 11.1 Å². The molecule has 2 N–H and O–H groups in total. The summed E-state index contributed by atoms with van der Waals surface area (Å²) in [5.74, 6) is -0.146. The smallest absolute Gasteiger partial charge is 0.269 e. The van der Waals surface area contributed by atoms with Gasteiger partial charge in [0.15, 0.2) is 0 Å². The lowest BCUT2D eigenvalue weighted by Gasteiger charge is -2.41. The number of hydrogen-bond donors (Lipinski definition) is 2. The number of hydrogen-bond acceptors (Lipinski definition) is 3. The van der Waals surface area contributed by atoms with E-state index < -0.39 is 0 Å². The Kier molecular flexibility index (Phi) is 3.84. The molecule has 18 heavy (non-hydrogen) atoms. The van der Waals surface area contributed by atoms with E-state index in [9.17, 15) is 4.79 Å². The molecule has 1 aromatic heterocycles. The van der Waals surface area contributed by atoms with Crippen molar-refractivity contribution in [3.8, 4) is 0 Å². The minimum atomic E-state index is -0.146. The van der Waals surface area contributed by atoms with E-state index in [1.165, 1.54) is 25.7 Å². The van der Waals surface area contributed by atoms with Gasteiger partial charge in [-0.1, -0.05) is 13.3 Å². The molecule has 2 rings (SSSR count). The van der Waals surface area contributed by atoms with E-state index in [1.54, 1.807) is 19.3 Å². The van der Waals surface area contributed by atoms with Crippen molar-refractivity contribution in [1.29, 1.82) is 0 Å². The summed E-state index contributed by atoms with van der Waals surface area (Å²) in [5.41, 5.74) is 1.90. The van der Waals surface area contributed by atoms with E-state index in [1.807, 2.05) is 6.07 Å². The molecule has 1 aromatic rings. The number of nitrogens with zero attached hydrogens (tertiary/aromatic N) is 1. The van der Waals surface area contributed by atoms with Gasteiger partial charge >= 0.3 is 0 Å². The van der Waals surface area contributed by atoms with Crippen LogP contribution in [-0.4, -0.2) is 24.5 Å². The predicted molar refractivity (Wildman–Crippen MR) is 72.7 cm³/mol. The molecule has 0 aromatic carbocycles. The second-order valence-electron chi connectivity index (χ2n) is 5.07. The summed E-state index contributed by atoms with van der Waals surface area (Å²) in [6.45, 7) is 3.24. The van der Waals surface area contributed by atoms with E-state index in [2.05, 4.69) is 22.5 Å². The topological polar surface area (TPSA) is 54.0 Å². The Morgan fingerprint density at radius 1 is 1.50 bits per heavy atom. The highest BCUT2D eigenvalue weighted by atomic mass is 16.1. The Morgan fingerprint density at radius 3 is 2.83 bits per heavy atom. The lowest BCUT2D eigenvalue weighted by atomic mass is 9.67. The molecule has 0 atom stereocenters. The minimum absolute atomic E-state index is 0.146. The first-order valence-corrected chi connectivity index (χ1v) is 6.61. The first-order chi connectivity index (χ1) is 8.69. The number of rotatable bonds is 5. The van der Waals surface area contributed by atoms with Gasteiger partial charge in [-0.15, -0.1) is 0 Å². The molecule has 0 radical (unpaired) electrons. The van der Waals surface area contributed by atoms with E-state index >= 15 is 0 Å². The Balaban J connectivity index is 1.99. The molecule has 0 spiro atoms. The van der Waals surface area contributed by atoms with Crippen LogP contribution in [0.25, 0.3) is 0 Å². The summed E-state index contributed by atoms with van der Waals surface area (Å²) in [5, 5.41) is 6.02. The van der Waals surface area contributed by atoms with Crippen molar-refractivity contribution >= 4 is 11.6 Å². The van der Waals surface area contributed by atoms with E-state index in [0.717, 1.165) is 12.2 Å². The fraction of sp³-hybridized carbons (Fsp3) is 0.571. The van der Waals surface area contributed by atoms with Crippen LogP contribution in [0.4, 0.5) is 5.69 Å². The first-order valence-electron chi connectivity index (χ1n) is 6.61. The maximum absolute atomic E-state index is 11.5. The largest absolute Gasteiger partial charge is 0.384 e. The monoisotopic (exact) mass is 247 g/mol. The van der Waals surface area contributed by atoms with Gasteiger partial charge in [0.25, 0.3) is 5.91 Å². The summed E-state index contributed by atoms with van der Waals surface area (Å²) in [4.78, 5) is 15.5. The summed E-state index contributed by atoms with van der Waals surface area (Å²) in [7, 11) is 1.62. The molecule has 4 nitrogen and oxygen atoms in total. The number of amides is 1. The normalized spacial score (nSPS) is 16.8. The highest BCUT2D eigenvalue weighted by Gasteiger charge is 2.34. The van der Waals surface area contributed by atoms with Crippen LogP contribution in [0.1, 0.15) is 43.1 Å². The van der Waals surface area contributed by atoms with Crippen LogP contribution in [0.5, 0.6) is 0 Å². The third-order valence-electron chi connectivity index (χ3n) is 4.05. The Morgan fingerprint density at radius 2 is 2.28 bits per heavy atom. The number of aromatic nitrogens is 1. The van der Waals surface area contributed by atoms with Crippen LogP contribution >= 0.6 is 0 Å². The van der Waals surface area contributed by atoms with Gasteiger partial charge in [-0.25, -0.2) is 0 Å². The van der Waals surface area contributed by atoms with Crippen LogP contribution in [-0.2, 0) is 0 Å². The fourth-order valence-corrected chi connectivity index (χ4v) is 2.41. The molecular formula is C14H21N3O. The Labute approximate surface area is 108 Å². The lowest BCUT2D eigenvalue weighted by Crippen LogP contribution is -2.35. The molecule has 0 aliphatic heterocycles. The van der Waals surface area contributed by atoms with Gasteiger partial charge in [0.2, 0.25) is 0 Å². The number of pyridine rings is 1. The molecular weight excluding hydrogens is 226 g/mol.